The first-order valence-electron chi connectivity index (χ1n) is 7.11. The molecule has 0 aliphatic rings. The van der Waals surface area contributed by atoms with Crippen molar-refractivity contribution in [2.24, 2.45) is 0 Å². The fourth-order valence-corrected chi connectivity index (χ4v) is 2.05. The number of amides is 1. The molecule has 1 amide bonds. The average molecular weight is 264 g/mol. The zero-order valence-corrected chi connectivity index (χ0v) is 12.1. The van der Waals surface area contributed by atoms with Gasteiger partial charge >= 0.3 is 0 Å². The minimum Gasteiger partial charge on any atom is -0.352 e. The van der Waals surface area contributed by atoms with E-state index >= 15 is 0 Å². The maximum absolute atomic E-state index is 11.9. The zero-order chi connectivity index (χ0) is 14.3. The maximum Gasteiger partial charge on any atom is 0.261 e. The Morgan fingerprint density at radius 1 is 1.26 bits per heavy atom. The van der Waals surface area contributed by atoms with Gasteiger partial charge in [0, 0.05) is 12.2 Å². The Bertz CT molecular complexity index is 478. The topological polar surface area (TPSA) is 62.0 Å². The van der Waals surface area contributed by atoms with Crippen molar-refractivity contribution in [1.82, 2.24) is 10.3 Å². The van der Waals surface area contributed by atoms with Crippen LogP contribution in [0.5, 0.6) is 0 Å². The monoisotopic (exact) mass is 264 g/mol. The van der Waals surface area contributed by atoms with Crippen LogP contribution in [0.2, 0.25) is 0 Å². The molecule has 0 aromatic carbocycles. The number of unbranched alkanes of at least 4 members (excludes halogenated alkanes) is 3. The van der Waals surface area contributed by atoms with Gasteiger partial charge in [-0.05, 0) is 31.4 Å². The number of carbonyl (C=O) groups is 1. The first-order chi connectivity index (χ1) is 9.10. The smallest absolute Gasteiger partial charge is 0.261 e. The summed E-state index contributed by atoms with van der Waals surface area (Å²) >= 11 is 0. The zero-order valence-electron chi connectivity index (χ0n) is 12.1. The highest BCUT2D eigenvalue weighted by Crippen LogP contribution is 2.05. The molecule has 4 nitrogen and oxygen atoms in total. The van der Waals surface area contributed by atoms with Crippen LogP contribution in [0.3, 0.4) is 0 Å². The van der Waals surface area contributed by atoms with E-state index in [9.17, 15) is 9.59 Å². The molecule has 0 radical (unpaired) electrons. The Morgan fingerprint density at radius 3 is 2.63 bits per heavy atom. The van der Waals surface area contributed by atoms with Gasteiger partial charge in [0.25, 0.3) is 11.5 Å². The van der Waals surface area contributed by atoms with Crippen molar-refractivity contribution in [1.29, 1.82) is 0 Å². The predicted molar refractivity (Wildman–Crippen MR) is 77.7 cm³/mol. The van der Waals surface area contributed by atoms with E-state index in [0.717, 1.165) is 30.5 Å². The minimum atomic E-state index is -0.305. The molecular weight excluding hydrogens is 240 g/mol. The molecule has 0 saturated carbocycles. The van der Waals surface area contributed by atoms with Crippen LogP contribution in [0.15, 0.2) is 10.9 Å². The Kier molecular flexibility index (Phi) is 6.33. The van der Waals surface area contributed by atoms with Crippen molar-refractivity contribution in [3.05, 3.63) is 33.2 Å². The average Bonchev–Trinajstić information content (AvgIpc) is 2.38. The molecule has 0 unspecified atom stereocenters. The van der Waals surface area contributed by atoms with Crippen LogP contribution in [0.1, 0.15) is 61.1 Å². The normalized spacial score (nSPS) is 10.5. The third-order valence-corrected chi connectivity index (χ3v) is 3.29. The fourth-order valence-electron chi connectivity index (χ4n) is 2.05. The van der Waals surface area contributed by atoms with E-state index in [2.05, 4.69) is 17.2 Å². The summed E-state index contributed by atoms with van der Waals surface area (Å²) in [4.78, 5) is 26.4. The van der Waals surface area contributed by atoms with Crippen LogP contribution in [-0.2, 0) is 6.42 Å². The van der Waals surface area contributed by atoms with Gasteiger partial charge in [-0.2, -0.15) is 0 Å². The molecule has 0 saturated heterocycles. The summed E-state index contributed by atoms with van der Waals surface area (Å²) in [6.45, 7) is 6.64. The molecule has 2 N–H and O–H groups in total. The molecule has 0 bridgehead atoms. The van der Waals surface area contributed by atoms with Gasteiger partial charge in [0.2, 0.25) is 0 Å². The van der Waals surface area contributed by atoms with Gasteiger partial charge in [-0.1, -0.05) is 33.1 Å². The molecule has 1 rings (SSSR count). The highest BCUT2D eigenvalue weighted by atomic mass is 16.2. The van der Waals surface area contributed by atoms with Gasteiger partial charge in [-0.3, -0.25) is 9.59 Å². The molecule has 0 spiro atoms. The number of aromatic nitrogens is 1. The van der Waals surface area contributed by atoms with Gasteiger partial charge in [0.15, 0.2) is 0 Å². The predicted octanol–water partition coefficient (Wildman–Crippen LogP) is 2.56. The van der Waals surface area contributed by atoms with E-state index in [1.807, 2.05) is 13.8 Å². The van der Waals surface area contributed by atoms with Gasteiger partial charge < -0.3 is 10.3 Å². The van der Waals surface area contributed by atoms with Gasteiger partial charge in [0.05, 0.1) is 0 Å². The first-order valence-corrected chi connectivity index (χ1v) is 7.11. The number of aromatic amines is 1. The maximum atomic E-state index is 11.9. The molecule has 0 aliphatic carbocycles. The third kappa shape index (κ3) is 4.54. The van der Waals surface area contributed by atoms with Crippen LogP contribution in [0.4, 0.5) is 0 Å². The lowest BCUT2D eigenvalue weighted by Crippen LogP contribution is -2.31. The van der Waals surface area contributed by atoms with Gasteiger partial charge in [-0.25, -0.2) is 0 Å². The second-order valence-electron chi connectivity index (χ2n) is 4.83. The molecule has 1 heterocycles. The molecule has 106 valence electrons. The third-order valence-electron chi connectivity index (χ3n) is 3.29. The summed E-state index contributed by atoms with van der Waals surface area (Å²) in [6.07, 6.45) is 5.23. The summed E-state index contributed by atoms with van der Waals surface area (Å²) in [5.41, 5.74) is 1.77. The number of nitrogens with one attached hydrogen (secondary N) is 2. The highest BCUT2D eigenvalue weighted by Gasteiger charge is 2.12. The van der Waals surface area contributed by atoms with E-state index in [1.54, 1.807) is 6.07 Å². The molecule has 0 aliphatic heterocycles. The van der Waals surface area contributed by atoms with Crippen LogP contribution in [0, 0.1) is 6.92 Å². The van der Waals surface area contributed by atoms with E-state index in [-0.39, 0.29) is 17.0 Å². The molecule has 0 atom stereocenters. The summed E-state index contributed by atoms with van der Waals surface area (Å²) in [7, 11) is 0. The molecule has 1 aromatic heterocycles. The minimum absolute atomic E-state index is 0.220. The lowest BCUT2D eigenvalue weighted by molar-refractivity contribution is 0.0951. The van der Waals surface area contributed by atoms with Crippen molar-refractivity contribution in [2.75, 3.05) is 6.54 Å². The van der Waals surface area contributed by atoms with Crippen LogP contribution in [-0.4, -0.2) is 17.4 Å². The van der Waals surface area contributed by atoms with Crippen molar-refractivity contribution in [3.8, 4) is 0 Å². The van der Waals surface area contributed by atoms with Gasteiger partial charge in [0.1, 0.15) is 5.56 Å². The number of aryl methyl sites for hydroxylation is 2. The van der Waals surface area contributed by atoms with Crippen LogP contribution >= 0.6 is 0 Å². The number of hydrogen-bond donors (Lipinski definition) is 2. The number of rotatable bonds is 7. The Balaban J connectivity index is 2.64. The second kappa shape index (κ2) is 7.77. The Hall–Kier alpha value is -1.58. The number of hydrogen-bond acceptors (Lipinski definition) is 2. The second-order valence-corrected chi connectivity index (χ2v) is 4.83. The summed E-state index contributed by atoms with van der Waals surface area (Å²) in [5, 5.41) is 2.81. The standard InChI is InChI=1S/C15H24N2O2/c1-4-6-7-8-9-16-14(18)13-10-12(5-2)11(3)17-15(13)19/h10H,4-9H2,1-3H3,(H,16,18)(H,17,19). The lowest BCUT2D eigenvalue weighted by Gasteiger charge is -2.07. The summed E-state index contributed by atoms with van der Waals surface area (Å²) in [6, 6.07) is 1.70. The molecule has 0 fully saturated rings. The number of pyridine rings is 1. The number of carbonyl (C=O) groups excluding carboxylic acids is 1. The van der Waals surface area contributed by atoms with E-state index in [0.29, 0.717) is 6.54 Å². The van der Waals surface area contributed by atoms with Crippen molar-refractivity contribution < 1.29 is 4.79 Å². The van der Waals surface area contributed by atoms with Crippen molar-refractivity contribution in [3.63, 3.8) is 0 Å². The molecular formula is C15H24N2O2. The SMILES string of the molecule is CCCCCCNC(=O)c1cc(CC)c(C)[nH]c1=O. The largest absolute Gasteiger partial charge is 0.352 e. The first kappa shape index (κ1) is 15.5. The molecule has 1 aromatic rings. The highest BCUT2D eigenvalue weighted by molar-refractivity contribution is 5.93. The van der Waals surface area contributed by atoms with Crippen molar-refractivity contribution >= 4 is 5.91 Å². The van der Waals surface area contributed by atoms with Crippen molar-refractivity contribution in [2.45, 2.75) is 52.9 Å². The van der Waals surface area contributed by atoms with Gasteiger partial charge in [-0.15, -0.1) is 0 Å². The van der Waals surface area contributed by atoms with E-state index in [1.165, 1.54) is 12.8 Å². The summed E-state index contributed by atoms with van der Waals surface area (Å²) < 4.78 is 0. The lowest BCUT2D eigenvalue weighted by atomic mass is 10.1. The Labute approximate surface area is 114 Å². The van der Waals surface area contributed by atoms with E-state index < -0.39 is 0 Å². The molecule has 19 heavy (non-hydrogen) atoms. The van der Waals surface area contributed by atoms with E-state index in [4.69, 9.17) is 0 Å². The summed E-state index contributed by atoms with van der Waals surface area (Å²) in [5.74, 6) is -0.271. The van der Waals surface area contributed by atoms with Crippen LogP contribution < -0.4 is 10.9 Å². The molecule has 4 heteroatoms. The Morgan fingerprint density at radius 2 is 2.00 bits per heavy atom. The fraction of sp³-hybridized carbons (Fsp3) is 0.600. The number of H-pyrrole nitrogens is 1. The van der Waals surface area contributed by atoms with Crippen LogP contribution in [0.25, 0.3) is 0 Å². The quantitative estimate of drug-likeness (QED) is 0.743.